The van der Waals surface area contributed by atoms with Crippen LogP contribution in [0, 0.1) is 6.92 Å². The van der Waals surface area contributed by atoms with Crippen LogP contribution in [0.2, 0.25) is 5.02 Å². The molecule has 3 rings (SSSR count). The Kier molecular flexibility index (Phi) is 7.34. The molecule has 0 aliphatic heterocycles. The normalized spacial score (nSPS) is 11.0. The van der Waals surface area contributed by atoms with Crippen molar-refractivity contribution in [1.82, 2.24) is 14.8 Å². The minimum Gasteiger partial charge on any atom is -0.325 e. The van der Waals surface area contributed by atoms with E-state index in [1.165, 1.54) is 17.3 Å². The fourth-order valence-electron chi connectivity index (χ4n) is 2.98. The summed E-state index contributed by atoms with van der Waals surface area (Å²) in [6, 6.07) is 13.8. The molecule has 2 aromatic carbocycles. The fourth-order valence-corrected chi connectivity index (χ4v) is 3.90. The number of thioether (sulfide) groups is 1. The number of nitrogens with one attached hydrogen (secondary N) is 1. The average molecular weight is 441 g/mol. The topological polar surface area (TPSA) is 59.8 Å². The Hall–Kier alpha value is -2.57. The molecule has 5 nitrogen and oxygen atoms in total. The van der Waals surface area contributed by atoms with Crippen LogP contribution in [0.15, 0.2) is 60.3 Å². The number of carbonyl (C=O) groups excluding carboxylic acids is 1. The lowest BCUT2D eigenvalue weighted by Crippen LogP contribution is -2.15. The van der Waals surface area contributed by atoms with Crippen molar-refractivity contribution in [3.05, 3.63) is 71.3 Å². The molecule has 7 heteroatoms. The quantitative estimate of drug-likeness (QED) is 0.347. The van der Waals surface area contributed by atoms with Gasteiger partial charge in [0, 0.05) is 22.8 Å². The van der Waals surface area contributed by atoms with Crippen molar-refractivity contribution in [2.24, 2.45) is 0 Å². The molecular formula is C23H25ClN4OS. The standard InChI is InChI=1S/C23H25ClN4OS/c1-5-13-28-22(18-11-9-17(10-12-18)15(2)3)26-27-23(28)30-14-21(29)25-20-8-6-7-19(24)16(20)4/h5-12,15H,1,13-14H2,2-4H3,(H,25,29). The molecule has 1 heterocycles. The van der Waals surface area contributed by atoms with Gasteiger partial charge in [0.2, 0.25) is 5.91 Å². The van der Waals surface area contributed by atoms with E-state index in [4.69, 9.17) is 11.6 Å². The highest BCUT2D eigenvalue weighted by molar-refractivity contribution is 7.99. The summed E-state index contributed by atoms with van der Waals surface area (Å²) in [5.41, 5.74) is 3.82. The largest absolute Gasteiger partial charge is 0.325 e. The second kappa shape index (κ2) is 9.96. The summed E-state index contributed by atoms with van der Waals surface area (Å²) in [5, 5.41) is 12.9. The van der Waals surface area contributed by atoms with Crippen LogP contribution in [0.4, 0.5) is 5.69 Å². The molecule has 156 valence electrons. The Morgan fingerprint density at radius 1 is 1.23 bits per heavy atom. The molecule has 3 aromatic rings. The lowest BCUT2D eigenvalue weighted by molar-refractivity contribution is -0.113. The lowest BCUT2D eigenvalue weighted by atomic mass is 10.0. The first-order chi connectivity index (χ1) is 14.4. The molecule has 0 radical (unpaired) electrons. The highest BCUT2D eigenvalue weighted by Crippen LogP contribution is 2.27. The molecule has 0 saturated carbocycles. The van der Waals surface area contributed by atoms with Gasteiger partial charge in [0.05, 0.1) is 5.75 Å². The van der Waals surface area contributed by atoms with Gasteiger partial charge < -0.3 is 5.32 Å². The Bertz CT molecular complexity index is 1040. The highest BCUT2D eigenvalue weighted by Gasteiger charge is 2.16. The van der Waals surface area contributed by atoms with Crippen molar-refractivity contribution in [3.63, 3.8) is 0 Å². The lowest BCUT2D eigenvalue weighted by Gasteiger charge is -2.11. The maximum atomic E-state index is 12.4. The smallest absolute Gasteiger partial charge is 0.234 e. The van der Waals surface area contributed by atoms with Crippen LogP contribution in [0.1, 0.15) is 30.9 Å². The van der Waals surface area contributed by atoms with E-state index in [9.17, 15) is 4.79 Å². The van der Waals surface area contributed by atoms with Gasteiger partial charge in [-0.25, -0.2) is 0 Å². The molecule has 0 atom stereocenters. The van der Waals surface area contributed by atoms with Crippen LogP contribution < -0.4 is 5.32 Å². The predicted octanol–water partition coefficient (Wildman–Crippen LogP) is 5.95. The average Bonchev–Trinajstić information content (AvgIpc) is 3.13. The molecule has 1 amide bonds. The van der Waals surface area contributed by atoms with Crippen LogP contribution >= 0.6 is 23.4 Å². The van der Waals surface area contributed by atoms with Crippen LogP contribution in [-0.2, 0) is 11.3 Å². The van der Waals surface area contributed by atoms with Crippen molar-refractivity contribution >= 4 is 35.0 Å². The van der Waals surface area contributed by atoms with E-state index in [1.807, 2.05) is 23.6 Å². The Balaban J connectivity index is 1.74. The number of hydrogen-bond donors (Lipinski definition) is 1. The van der Waals surface area contributed by atoms with Crippen molar-refractivity contribution in [2.75, 3.05) is 11.1 Å². The van der Waals surface area contributed by atoms with Crippen LogP contribution in [-0.4, -0.2) is 26.4 Å². The van der Waals surface area contributed by atoms with Crippen LogP contribution in [0.3, 0.4) is 0 Å². The molecule has 0 saturated heterocycles. The Labute approximate surface area is 186 Å². The third-order valence-electron chi connectivity index (χ3n) is 4.74. The van der Waals surface area contributed by atoms with E-state index in [-0.39, 0.29) is 11.7 Å². The fraction of sp³-hybridized carbons (Fsp3) is 0.261. The van der Waals surface area contributed by atoms with Gasteiger partial charge in [-0.1, -0.05) is 73.6 Å². The Morgan fingerprint density at radius 2 is 1.97 bits per heavy atom. The minimum atomic E-state index is -0.124. The van der Waals surface area contributed by atoms with Crippen molar-refractivity contribution in [1.29, 1.82) is 0 Å². The van der Waals surface area contributed by atoms with E-state index >= 15 is 0 Å². The van der Waals surface area contributed by atoms with Crippen LogP contribution in [0.5, 0.6) is 0 Å². The van der Waals surface area contributed by atoms with Gasteiger partial charge in [0.1, 0.15) is 0 Å². The molecule has 1 N–H and O–H groups in total. The molecule has 0 unspecified atom stereocenters. The highest BCUT2D eigenvalue weighted by atomic mass is 35.5. The van der Waals surface area contributed by atoms with Gasteiger partial charge in [-0.2, -0.15) is 0 Å². The number of halogens is 1. The number of anilines is 1. The summed E-state index contributed by atoms with van der Waals surface area (Å²) >= 11 is 7.47. The summed E-state index contributed by atoms with van der Waals surface area (Å²) in [4.78, 5) is 12.4. The van der Waals surface area contributed by atoms with Gasteiger partial charge >= 0.3 is 0 Å². The zero-order valence-electron chi connectivity index (χ0n) is 17.4. The number of hydrogen-bond acceptors (Lipinski definition) is 4. The van der Waals surface area contributed by atoms with E-state index < -0.39 is 0 Å². The van der Waals surface area contributed by atoms with Crippen molar-refractivity contribution in [2.45, 2.75) is 38.4 Å². The van der Waals surface area contributed by atoms with Gasteiger partial charge in [-0.05, 0) is 36.1 Å². The van der Waals surface area contributed by atoms with Gasteiger partial charge in [0.15, 0.2) is 11.0 Å². The molecule has 0 spiro atoms. The Morgan fingerprint density at radius 3 is 2.63 bits per heavy atom. The number of benzene rings is 2. The molecule has 30 heavy (non-hydrogen) atoms. The second-order valence-electron chi connectivity index (χ2n) is 7.23. The molecular weight excluding hydrogens is 416 g/mol. The minimum absolute atomic E-state index is 0.124. The maximum absolute atomic E-state index is 12.4. The molecule has 0 fully saturated rings. The van der Waals surface area contributed by atoms with Crippen molar-refractivity contribution in [3.8, 4) is 11.4 Å². The van der Waals surface area contributed by atoms with Crippen LogP contribution in [0.25, 0.3) is 11.4 Å². The van der Waals surface area contributed by atoms with E-state index in [0.717, 1.165) is 17.0 Å². The summed E-state index contributed by atoms with van der Waals surface area (Å²) in [6.07, 6.45) is 1.80. The first-order valence-corrected chi connectivity index (χ1v) is 11.1. The van der Waals surface area contributed by atoms with Crippen molar-refractivity contribution < 1.29 is 4.79 Å². The van der Waals surface area contributed by atoms with Gasteiger partial charge in [-0.15, -0.1) is 16.8 Å². The van der Waals surface area contributed by atoms with Gasteiger partial charge in [-0.3, -0.25) is 9.36 Å². The molecule has 1 aromatic heterocycles. The third-order valence-corrected chi connectivity index (χ3v) is 6.11. The SMILES string of the molecule is C=CCn1c(SCC(=O)Nc2cccc(Cl)c2C)nnc1-c1ccc(C(C)C)cc1. The van der Waals surface area contributed by atoms with E-state index in [2.05, 4.69) is 60.2 Å². The maximum Gasteiger partial charge on any atom is 0.234 e. The summed E-state index contributed by atoms with van der Waals surface area (Å²) in [5.74, 6) is 1.33. The predicted molar refractivity (Wildman–Crippen MR) is 125 cm³/mol. The third kappa shape index (κ3) is 5.12. The summed E-state index contributed by atoms with van der Waals surface area (Å²) < 4.78 is 1.97. The number of nitrogens with zero attached hydrogens (tertiary/aromatic N) is 3. The molecule has 0 aliphatic carbocycles. The van der Waals surface area contributed by atoms with E-state index in [1.54, 1.807) is 12.1 Å². The van der Waals surface area contributed by atoms with Gasteiger partial charge in [0.25, 0.3) is 0 Å². The second-order valence-corrected chi connectivity index (χ2v) is 8.58. The monoisotopic (exact) mass is 440 g/mol. The van der Waals surface area contributed by atoms with E-state index in [0.29, 0.717) is 28.3 Å². The summed E-state index contributed by atoms with van der Waals surface area (Å²) in [6.45, 7) is 10.6. The summed E-state index contributed by atoms with van der Waals surface area (Å²) in [7, 11) is 0. The number of allylic oxidation sites excluding steroid dienone is 1. The first kappa shape index (κ1) is 22.1. The number of rotatable bonds is 8. The zero-order chi connectivity index (χ0) is 21.7. The first-order valence-electron chi connectivity index (χ1n) is 9.73. The number of aromatic nitrogens is 3. The number of carbonyl (C=O) groups is 1. The molecule has 0 aliphatic rings. The molecule has 0 bridgehead atoms. The zero-order valence-corrected chi connectivity index (χ0v) is 18.9. The number of amides is 1.